The van der Waals surface area contributed by atoms with Crippen molar-refractivity contribution in [2.45, 2.75) is 57.8 Å². The van der Waals surface area contributed by atoms with Crippen LogP contribution in [-0.2, 0) is 6.18 Å². The fourth-order valence-corrected chi connectivity index (χ4v) is 4.57. The summed E-state index contributed by atoms with van der Waals surface area (Å²) in [5.41, 5.74) is 1.35. The molecule has 0 saturated heterocycles. The summed E-state index contributed by atoms with van der Waals surface area (Å²) >= 11 is 0. The molecule has 1 aromatic carbocycles. The Bertz CT molecular complexity index is 1110. The molecule has 1 aliphatic carbocycles. The molecule has 1 fully saturated rings. The van der Waals surface area contributed by atoms with Crippen molar-refractivity contribution in [3.8, 4) is 0 Å². The number of nitrogens with zero attached hydrogens (tertiary/aromatic N) is 2. The van der Waals surface area contributed by atoms with Crippen LogP contribution in [-0.4, -0.2) is 30.0 Å². The number of alkyl halides is 3. The maximum atomic E-state index is 13.4. The molecule has 0 bridgehead atoms. The number of carbonyl (C=O) groups excluding carboxylic acids is 1. The molecule has 170 valence electrons. The van der Waals surface area contributed by atoms with E-state index in [9.17, 15) is 18.0 Å². The lowest BCUT2D eigenvalue weighted by Crippen LogP contribution is -2.43. The van der Waals surface area contributed by atoms with Gasteiger partial charge in [0.2, 0.25) is 0 Å². The molecule has 1 N–H and O–H groups in total. The highest BCUT2D eigenvalue weighted by Crippen LogP contribution is 2.36. The number of nitrogens with one attached hydrogen (secondary N) is 1. The van der Waals surface area contributed by atoms with E-state index in [2.05, 4.69) is 10.3 Å². The Balaban J connectivity index is 1.48. The third-order valence-electron chi connectivity index (χ3n) is 6.33. The molecule has 0 radical (unpaired) electrons. The molecule has 1 amide bonds. The van der Waals surface area contributed by atoms with E-state index in [0.29, 0.717) is 27.9 Å². The minimum Gasteiger partial charge on any atom is -0.469 e. The number of aromatic nitrogens is 1. The summed E-state index contributed by atoms with van der Waals surface area (Å²) in [4.78, 5) is 18.4. The van der Waals surface area contributed by atoms with Gasteiger partial charge in [-0.3, -0.25) is 4.79 Å². The second kappa shape index (κ2) is 8.48. The molecule has 4 rings (SSSR count). The standard InChI is InChI=1S/C24H26F3N3O2/c1-14-13-32-15(2)22(14)23(31)28-16-8-10-17(11-9-16)30(3)20-12-21(24(25,26)27)29-19-7-5-4-6-18(19)20/h4-7,12-13,16-17H,8-11H2,1-3H3,(H,28,31). The van der Waals surface area contributed by atoms with Crippen LogP contribution in [0.4, 0.5) is 18.9 Å². The molecule has 3 aromatic rings. The van der Waals surface area contributed by atoms with Gasteiger partial charge in [0.25, 0.3) is 5.91 Å². The molecule has 2 aromatic heterocycles. The van der Waals surface area contributed by atoms with Crippen LogP contribution in [0.1, 0.15) is 53.1 Å². The van der Waals surface area contributed by atoms with E-state index in [1.165, 1.54) is 0 Å². The maximum absolute atomic E-state index is 13.4. The molecule has 0 atom stereocenters. The van der Waals surface area contributed by atoms with E-state index in [1.807, 2.05) is 18.9 Å². The zero-order valence-corrected chi connectivity index (χ0v) is 18.3. The summed E-state index contributed by atoms with van der Waals surface area (Å²) in [6, 6.07) is 8.15. The zero-order valence-electron chi connectivity index (χ0n) is 18.3. The number of halogens is 3. The Morgan fingerprint density at radius 1 is 1.16 bits per heavy atom. The van der Waals surface area contributed by atoms with Crippen LogP contribution in [0.15, 0.2) is 41.0 Å². The van der Waals surface area contributed by atoms with Crippen molar-refractivity contribution >= 4 is 22.5 Å². The molecule has 2 heterocycles. The second-order valence-electron chi connectivity index (χ2n) is 8.48. The first kappa shape index (κ1) is 22.2. The SMILES string of the molecule is Cc1coc(C)c1C(=O)NC1CCC(N(C)c2cc(C(F)(F)F)nc3ccccc23)CC1. The van der Waals surface area contributed by atoms with Crippen molar-refractivity contribution in [1.29, 1.82) is 0 Å². The Kier molecular flexibility index (Phi) is 5.88. The zero-order chi connectivity index (χ0) is 23.0. The Morgan fingerprint density at radius 3 is 2.47 bits per heavy atom. The number of hydrogen-bond acceptors (Lipinski definition) is 4. The first-order valence-corrected chi connectivity index (χ1v) is 10.7. The van der Waals surface area contributed by atoms with Crippen LogP contribution in [0.5, 0.6) is 0 Å². The van der Waals surface area contributed by atoms with Crippen molar-refractivity contribution in [3.63, 3.8) is 0 Å². The van der Waals surface area contributed by atoms with Crippen molar-refractivity contribution in [2.75, 3.05) is 11.9 Å². The van der Waals surface area contributed by atoms with Crippen LogP contribution < -0.4 is 10.2 Å². The molecule has 32 heavy (non-hydrogen) atoms. The van der Waals surface area contributed by atoms with Gasteiger partial charge in [-0.1, -0.05) is 18.2 Å². The second-order valence-corrected chi connectivity index (χ2v) is 8.48. The van der Waals surface area contributed by atoms with Crippen molar-refractivity contribution in [2.24, 2.45) is 0 Å². The molecule has 1 saturated carbocycles. The van der Waals surface area contributed by atoms with E-state index in [4.69, 9.17) is 4.42 Å². The maximum Gasteiger partial charge on any atom is 0.433 e. The molecular weight excluding hydrogens is 419 g/mol. The molecule has 8 heteroatoms. The molecule has 0 aliphatic heterocycles. The average molecular weight is 445 g/mol. The van der Waals surface area contributed by atoms with E-state index < -0.39 is 11.9 Å². The quantitative estimate of drug-likeness (QED) is 0.565. The summed E-state index contributed by atoms with van der Waals surface area (Å²) in [5.74, 6) is 0.457. The van der Waals surface area contributed by atoms with Crippen molar-refractivity contribution in [1.82, 2.24) is 10.3 Å². The number of anilines is 1. The van der Waals surface area contributed by atoms with Crippen LogP contribution in [0.3, 0.4) is 0 Å². The van der Waals surface area contributed by atoms with Gasteiger partial charge in [-0.15, -0.1) is 0 Å². The topological polar surface area (TPSA) is 58.4 Å². The van der Waals surface area contributed by atoms with Crippen LogP contribution in [0.25, 0.3) is 10.9 Å². The van der Waals surface area contributed by atoms with Gasteiger partial charge in [0.05, 0.1) is 17.3 Å². The lowest BCUT2D eigenvalue weighted by molar-refractivity contribution is -0.140. The first-order valence-electron chi connectivity index (χ1n) is 10.7. The number of aryl methyl sites for hydroxylation is 2. The monoisotopic (exact) mass is 445 g/mol. The largest absolute Gasteiger partial charge is 0.469 e. The molecule has 0 spiro atoms. The van der Waals surface area contributed by atoms with Crippen LogP contribution >= 0.6 is 0 Å². The van der Waals surface area contributed by atoms with Gasteiger partial charge in [-0.25, -0.2) is 4.98 Å². The van der Waals surface area contributed by atoms with Crippen LogP contribution in [0.2, 0.25) is 0 Å². The smallest absolute Gasteiger partial charge is 0.433 e. The fraction of sp³-hybridized carbons (Fsp3) is 0.417. The lowest BCUT2D eigenvalue weighted by atomic mass is 9.89. The predicted octanol–water partition coefficient (Wildman–Crippen LogP) is 5.64. The minimum absolute atomic E-state index is 0.0285. The minimum atomic E-state index is -4.51. The summed E-state index contributed by atoms with van der Waals surface area (Å²) in [5, 5.41) is 3.78. The van der Waals surface area contributed by atoms with Gasteiger partial charge >= 0.3 is 6.18 Å². The Hall–Kier alpha value is -3.03. The van der Waals surface area contributed by atoms with E-state index in [0.717, 1.165) is 37.3 Å². The molecule has 5 nitrogen and oxygen atoms in total. The number of benzene rings is 1. The number of fused-ring (bicyclic) bond motifs is 1. The Morgan fingerprint density at radius 2 is 1.84 bits per heavy atom. The lowest BCUT2D eigenvalue weighted by Gasteiger charge is -2.37. The molecule has 0 unspecified atom stereocenters. The number of pyridine rings is 1. The van der Waals surface area contributed by atoms with Gasteiger partial charge in [0, 0.05) is 35.8 Å². The summed E-state index contributed by atoms with van der Waals surface area (Å²) in [6.45, 7) is 3.60. The number of rotatable bonds is 4. The molecular formula is C24H26F3N3O2. The van der Waals surface area contributed by atoms with Gasteiger partial charge in [0.1, 0.15) is 11.5 Å². The highest BCUT2D eigenvalue weighted by molar-refractivity contribution is 5.96. The average Bonchev–Trinajstić information content (AvgIpc) is 3.10. The Labute approximate surface area is 184 Å². The highest BCUT2D eigenvalue weighted by atomic mass is 19.4. The number of para-hydroxylation sites is 1. The third kappa shape index (κ3) is 4.31. The fourth-order valence-electron chi connectivity index (χ4n) is 4.57. The number of carbonyl (C=O) groups is 1. The van der Waals surface area contributed by atoms with Crippen LogP contribution in [0, 0.1) is 13.8 Å². The summed E-state index contributed by atoms with van der Waals surface area (Å²) in [7, 11) is 1.84. The van der Waals surface area contributed by atoms with E-state index in [-0.39, 0.29) is 18.0 Å². The van der Waals surface area contributed by atoms with Crippen molar-refractivity contribution < 1.29 is 22.4 Å². The predicted molar refractivity (Wildman–Crippen MR) is 117 cm³/mol. The summed E-state index contributed by atoms with van der Waals surface area (Å²) in [6.07, 6.45) is 0.110. The van der Waals surface area contributed by atoms with E-state index in [1.54, 1.807) is 37.5 Å². The first-order chi connectivity index (χ1) is 15.1. The number of furan rings is 1. The normalized spacial score (nSPS) is 19.2. The van der Waals surface area contributed by atoms with Gasteiger partial charge < -0.3 is 14.6 Å². The van der Waals surface area contributed by atoms with Crippen molar-refractivity contribution in [3.05, 3.63) is 59.2 Å². The number of amides is 1. The van der Waals surface area contributed by atoms with Gasteiger partial charge in [-0.2, -0.15) is 13.2 Å². The van der Waals surface area contributed by atoms with Gasteiger partial charge in [0.15, 0.2) is 0 Å². The highest BCUT2D eigenvalue weighted by Gasteiger charge is 2.34. The van der Waals surface area contributed by atoms with E-state index >= 15 is 0 Å². The summed E-state index contributed by atoms with van der Waals surface area (Å²) < 4.78 is 45.6. The van der Waals surface area contributed by atoms with Gasteiger partial charge in [-0.05, 0) is 51.7 Å². The molecule has 1 aliphatic rings. The number of hydrogen-bond donors (Lipinski definition) is 1. The third-order valence-corrected chi connectivity index (χ3v) is 6.33.